The number of amides is 2. The minimum absolute atomic E-state index is 0.0508. The third-order valence-electron chi connectivity index (χ3n) is 4.00. The largest absolute Gasteiger partial charge is 0.334 e. The zero-order valence-corrected chi connectivity index (χ0v) is 12.5. The maximum Gasteiger partial charge on any atom is 0.270 e. The van der Waals surface area contributed by atoms with Crippen LogP contribution in [-0.2, 0) is 9.59 Å². The Labute approximate surface area is 129 Å². The average Bonchev–Trinajstić information content (AvgIpc) is 2.57. The second-order valence-electron chi connectivity index (χ2n) is 5.51. The Kier molecular flexibility index (Phi) is 4.15. The molecule has 7 nitrogen and oxygen atoms in total. The molecule has 2 amide bonds. The highest BCUT2D eigenvalue weighted by Gasteiger charge is 2.29. The Morgan fingerprint density at radius 2 is 2.27 bits per heavy atom. The van der Waals surface area contributed by atoms with Gasteiger partial charge in [0.15, 0.2) is 0 Å². The van der Waals surface area contributed by atoms with Crippen LogP contribution in [0, 0.1) is 0 Å². The van der Waals surface area contributed by atoms with Crippen LogP contribution in [0.2, 0.25) is 0 Å². The Bertz CT molecular complexity index is 601. The summed E-state index contributed by atoms with van der Waals surface area (Å²) in [7, 11) is 1.59. The van der Waals surface area contributed by atoms with E-state index in [1.54, 1.807) is 18.1 Å². The van der Waals surface area contributed by atoms with Gasteiger partial charge in [0, 0.05) is 51.9 Å². The summed E-state index contributed by atoms with van der Waals surface area (Å²) in [6.07, 6.45) is 4.32. The molecule has 116 valence electrons. The van der Waals surface area contributed by atoms with Crippen molar-refractivity contribution >= 4 is 17.5 Å². The number of aromatic nitrogens is 1. The predicted octanol–water partition coefficient (Wildman–Crippen LogP) is 0.163. The Balaban J connectivity index is 1.71. The van der Waals surface area contributed by atoms with Crippen molar-refractivity contribution < 1.29 is 9.59 Å². The van der Waals surface area contributed by atoms with Crippen LogP contribution >= 0.6 is 0 Å². The summed E-state index contributed by atoms with van der Waals surface area (Å²) in [6, 6.07) is 3.97. The molecule has 0 bridgehead atoms. The number of carbonyl (C=O) groups excluding carboxylic acids is 2. The van der Waals surface area contributed by atoms with E-state index >= 15 is 0 Å². The minimum Gasteiger partial charge on any atom is -0.334 e. The standard InChI is InChI=1S/C15H19N5O2/c1-19-14(21)5-4-12(18-19)15(22)20-8-7-17-13(10-20)11-3-2-6-16-9-11/h2-3,6,9,13,17H,4-5,7-8,10H2,1H3. The first-order valence-electron chi connectivity index (χ1n) is 7.42. The van der Waals surface area contributed by atoms with Crippen LogP contribution in [0.3, 0.4) is 0 Å². The number of hydrogen-bond acceptors (Lipinski definition) is 5. The van der Waals surface area contributed by atoms with E-state index in [2.05, 4.69) is 15.4 Å². The lowest BCUT2D eigenvalue weighted by Gasteiger charge is -2.34. The molecular weight excluding hydrogens is 282 g/mol. The van der Waals surface area contributed by atoms with Gasteiger partial charge in [0.05, 0.1) is 6.04 Å². The van der Waals surface area contributed by atoms with Gasteiger partial charge in [0.1, 0.15) is 5.71 Å². The Morgan fingerprint density at radius 3 is 3.00 bits per heavy atom. The monoisotopic (exact) mass is 301 g/mol. The van der Waals surface area contributed by atoms with E-state index in [9.17, 15) is 9.59 Å². The molecule has 1 aromatic rings. The third-order valence-corrected chi connectivity index (χ3v) is 4.00. The molecule has 1 atom stereocenters. The topological polar surface area (TPSA) is 77.9 Å². The molecular formula is C15H19N5O2. The summed E-state index contributed by atoms with van der Waals surface area (Å²) in [5.41, 5.74) is 1.53. The first-order valence-corrected chi connectivity index (χ1v) is 7.42. The zero-order chi connectivity index (χ0) is 15.5. The molecule has 0 aromatic carbocycles. The molecule has 1 saturated heterocycles. The van der Waals surface area contributed by atoms with E-state index in [1.807, 2.05) is 18.3 Å². The van der Waals surface area contributed by atoms with Crippen LogP contribution in [0.15, 0.2) is 29.6 Å². The van der Waals surface area contributed by atoms with Crippen LogP contribution in [0.25, 0.3) is 0 Å². The van der Waals surface area contributed by atoms with Gasteiger partial charge in [-0.1, -0.05) is 6.07 Å². The van der Waals surface area contributed by atoms with Gasteiger partial charge < -0.3 is 10.2 Å². The molecule has 1 N–H and O–H groups in total. The van der Waals surface area contributed by atoms with Crippen molar-refractivity contribution in [3.8, 4) is 0 Å². The summed E-state index contributed by atoms with van der Waals surface area (Å²) >= 11 is 0. The molecule has 0 saturated carbocycles. The number of hydrazone groups is 1. The summed E-state index contributed by atoms with van der Waals surface area (Å²) in [6.45, 7) is 1.96. The molecule has 7 heteroatoms. The van der Waals surface area contributed by atoms with Gasteiger partial charge in [-0.15, -0.1) is 0 Å². The zero-order valence-electron chi connectivity index (χ0n) is 12.5. The van der Waals surface area contributed by atoms with Gasteiger partial charge in [0.2, 0.25) is 5.91 Å². The number of piperazine rings is 1. The van der Waals surface area contributed by atoms with E-state index in [-0.39, 0.29) is 17.9 Å². The number of pyridine rings is 1. The van der Waals surface area contributed by atoms with Crippen molar-refractivity contribution in [3.63, 3.8) is 0 Å². The molecule has 0 aliphatic carbocycles. The Hall–Kier alpha value is -2.28. The third kappa shape index (κ3) is 2.99. The fourth-order valence-electron chi connectivity index (χ4n) is 2.75. The highest BCUT2D eigenvalue weighted by Crippen LogP contribution is 2.18. The normalized spacial score (nSPS) is 22.5. The van der Waals surface area contributed by atoms with Crippen molar-refractivity contribution in [2.75, 3.05) is 26.7 Å². The summed E-state index contributed by atoms with van der Waals surface area (Å²) in [5.74, 6) is -0.125. The summed E-state index contributed by atoms with van der Waals surface area (Å²) < 4.78 is 0. The SMILES string of the molecule is CN1N=C(C(=O)N2CCNC(c3cccnc3)C2)CCC1=O. The van der Waals surface area contributed by atoms with Crippen LogP contribution in [0.1, 0.15) is 24.4 Å². The number of carbonyl (C=O) groups is 2. The van der Waals surface area contributed by atoms with E-state index < -0.39 is 0 Å². The Morgan fingerprint density at radius 1 is 1.41 bits per heavy atom. The van der Waals surface area contributed by atoms with Crippen LogP contribution in [0.5, 0.6) is 0 Å². The number of nitrogens with one attached hydrogen (secondary N) is 1. The minimum atomic E-state index is -0.0743. The van der Waals surface area contributed by atoms with E-state index in [0.29, 0.717) is 31.6 Å². The van der Waals surface area contributed by atoms with Crippen LogP contribution < -0.4 is 5.32 Å². The van der Waals surface area contributed by atoms with Crippen molar-refractivity contribution in [1.82, 2.24) is 20.2 Å². The molecule has 1 aromatic heterocycles. The second-order valence-corrected chi connectivity index (χ2v) is 5.51. The van der Waals surface area contributed by atoms with E-state index in [0.717, 1.165) is 12.1 Å². The first-order chi connectivity index (χ1) is 10.6. The molecule has 1 fully saturated rings. The van der Waals surface area contributed by atoms with Crippen molar-refractivity contribution in [3.05, 3.63) is 30.1 Å². The van der Waals surface area contributed by atoms with Gasteiger partial charge in [0.25, 0.3) is 5.91 Å². The second kappa shape index (κ2) is 6.23. The fourth-order valence-corrected chi connectivity index (χ4v) is 2.75. The lowest BCUT2D eigenvalue weighted by Crippen LogP contribution is -2.51. The quantitative estimate of drug-likeness (QED) is 0.844. The van der Waals surface area contributed by atoms with Crippen molar-refractivity contribution in [1.29, 1.82) is 0 Å². The van der Waals surface area contributed by atoms with E-state index in [4.69, 9.17) is 0 Å². The van der Waals surface area contributed by atoms with E-state index in [1.165, 1.54) is 5.01 Å². The summed E-state index contributed by atoms with van der Waals surface area (Å²) in [4.78, 5) is 30.0. The number of nitrogens with zero attached hydrogens (tertiary/aromatic N) is 4. The molecule has 2 aliphatic heterocycles. The lowest BCUT2D eigenvalue weighted by molar-refractivity contribution is -0.130. The highest BCUT2D eigenvalue weighted by molar-refractivity contribution is 6.39. The van der Waals surface area contributed by atoms with Crippen molar-refractivity contribution in [2.24, 2.45) is 5.10 Å². The maximum absolute atomic E-state index is 12.6. The average molecular weight is 301 g/mol. The van der Waals surface area contributed by atoms with Gasteiger partial charge in [-0.2, -0.15) is 5.10 Å². The number of rotatable bonds is 2. The molecule has 0 radical (unpaired) electrons. The van der Waals surface area contributed by atoms with Gasteiger partial charge in [-0.05, 0) is 11.6 Å². The fraction of sp³-hybridized carbons (Fsp3) is 0.467. The molecule has 3 heterocycles. The number of hydrogen-bond donors (Lipinski definition) is 1. The van der Waals surface area contributed by atoms with Crippen LogP contribution in [0.4, 0.5) is 0 Å². The molecule has 22 heavy (non-hydrogen) atoms. The summed E-state index contributed by atoms with van der Waals surface area (Å²) in [5, 5.41) is 8.77. The molecule has 3 rings (SSSR count). The van der Waals surface area contributed by atoms with Crippen LogP contribution in [-0.4, -0.2) is 59.1 Å². The first kappa shape index (κ1) is 14.6. The van der Waals surface area contributed by atoms with Gasteiger partial charge >= 0.3 is 0 Å². The van der Waals surface area contributed by atoms with Gasteiger partial charge in [-0.3, -0.25) is 14.6 Å². The molecule has 2 aliphatic rings. The maximum atomic E-state index is 12.6. The van der Waals surface area contributed by atoms with Crippen molar-refractivity contribution in [2.45, 2.75) is 18.9 Å². The predicted molar refractivity (Wildman–Crippen MR) is 81.0 cm³/mol. The molecule has 0 spiro atoms. The molecule has 1 unspecified atom stereocenters. The van der Waals surface area contributed by atoms with Gasteiger partial charge in [-0.25, -0.2) is 5.01 Å². The lowest BCUT2D eigenvalue weighted by atomic mass is 10.1. The smallest absolute Gasteiger partial charge is 0.270 e. The highest BCUT2D eigenvalue weighted by atomic mass is 16.2.